The normalized spacial score (nSPS) is 13.6. The van der Waals surface area contributed by atoms with Crippen LogP contribution in [0.4, 0.5) is 0 Å². The van der Waals surface area contributed by atoms with Crippen molar-refractivity contribution in [1.82, 2.24) is 5.32 Å². The molecule has 0 aliphatic heterocycles. The van der Waals surface area contributed by atoms with E-state index in [4.69, 9.17) is 4.74 Å². The molecular formula is C16H27NO. The molecular weight excluding hydrogens is 222 g/mol. The van der Waals surface area contributed by atoms with Crippen LogP contribution in [-0.4, -0.2) is 19.7 Å². The van der Waals surface area contributed by atoms with Crippen LogP contribution in [0.2, 0.25) is 0 Å². The minimum absolute atomic E-state index is 0.176. The van der Waals surface area contributed by atoms with Gasteiger partial charge < -0.3 is 10.1 Å². The van der Waals surface area contributed by atoms with Gasteiger partial charge in [0, 0.05) is 6.54 Å². The fraction of sp³-hybridized carbons (Fsp3) is 0.625. The Kier molecular flexibility index (Phi) is 6.37. The van der Waals surface area contributed by atoms with Crippen LogP contribution in [0.3, 0.4) is 0 Å². The van der Waals surface area contributed by atoms with Gasteiger partial charge in [-0.3, -0.25) is 0 Å². The molecule has 2 nitrogen and oxygen atoms in total. The summed E-state index contributed by atoms with van der Waals surface area (Å²) in [5.41, 5.74) is 1.65. The van der Waals surface area contributed by atoms with Crippen molar-refractivity contribution in [2.45, 2.75) is 40.2 Å². The Morgan fingerprint density at radius 2 is 1.78 bits per heavy atom. The second-order valence-electron chi connectivity index (χ2n) is 5.98. The first-order valence-corrected chi connectivity index (χ1v) is 6.86. The second-order valence-corrected chi connectivity index (χ2v) is 5.98. The molecule has 1 unspecified atom stereocenters. The van der Waals surface area contributed by atoms with Gasteiger partial charge in [-0.2, -0.15) is 0 Å². The monoisotopic (exact) mass is 249 g/mol. The highest BCUT2D eigenvalue weighted by atomic mass is 16.5. The van der Waals surface area contributed by atoms with Gasteiger partial charge in [-0.15, -0.1) is 0 Å². The van der Waals surface area contributed by atoms with E-state index in [2.05, 4.69) is 57.3 Å². The lowest BCUT2D eigenvalue weighted by Gasteiger charge is -2.18. The highest BCUT2D eigenvalue weighted by Gasteiger charge is 2.08. The van der Waals surface area contributed by atoms with Crippen molar-refractivity contribution in [2.75, 3.05) is 19.7 Å². The number of benzene rings is 1. The van der Waals surface area contributed by atoms with Gasteiger partial charge in [0.2, 0.25) is 0 Å². The minimum atomic E-state index is 0.176. The summed E-state index contributed by atoms with van der Waals surface area (Å²) in [5, 5.41) is 3.42. The summed E-state index contributed by atoms with van der Waals surface area (Å²) in [7, 11) is 0. The minimum Gasteiger partial charge on any atom is -0.373 e. The van der Waals surface area contributed by atoms with Crippen molar-refractivity contribution >= 4 is 0 Å². The van der Waals surface area contributed by atoms with Crippen molar-refractivity contribution in [1.29, 1.82) is 0 Å². The smallest absolute Gasteiger partial charge is 0.0797 e. The van der Waals surface area contributed by atoms with Crippen LogP contribution in [0.15, 0.2) is 30.3 Å². The lowest BCUT2D eigenvalue weighted by atomic mass is 9.92. The van der Waals surface area contributed by atoms with Crippen LogP contribution in [0.5, 0.6) is 0 Å². The van der Waals surface area contributed by atoms with Crippen molar-refractivity contribution in [3.63, 3.8) is 0 Å². The van der Waals surface area contributed by atoms with Gasteiger partial charge in [0.15, 0.2) is 0 Å². The summed E-state index contributed by atoms with van der Waals surface area (Å²) < 4.78 is 5.80. The second kappa shape index (κ2) is 7.55. The Morgan fingerprint density at radius 3 is 2.39 bits per heavy atom. The summed E-state index contributed by atoms with van der Waals surface area (Å²) in [6, 6.07) is 10.4. The van der Waals surface area contributed by atoms with E-state index in [0.29, 0.717) is 5.41 Å². The van der Waals surface area contributed by atoms with Crippen LogP contribution in [0, 0.1) is 5.41 Å². The van der Waals surface area contributed by atoms with E-state index in [1.807, 2.05) is 6.07 Å². The molecule has 1 atom stereocenters. The van der Waals surface area contributed by atoms with E-state index >= 15 is 0 Å². The first-order chi connectivity index (χ1) is 8.49. The van der Waals surface area contributed by atoms with Crippen LogP contribution >= 0.6 is 0 Å². The fourth-order valence-electron chi connectivity index (χ4n) is 1.72. The topological polar surface area (TPSA) is 21.3 Å². The molecule has 0 saturated heterocycles. The predicted octanol–water partition coefficient (Wildman–Crippen LogP) is 3.79. The summed E-state index contributed by atoms with van der Waals surface area (Å²) in [6.07, 6.45) is 1.37. The van der Waals surface area contributed by atoms with E-state index < -0.39 is 0 Å². The van der Waals surface area contributed by atoms with E-state index in [9.17, 15) is 0 Å². The predicted molar refractivity (Wildman–Crippen MR) is 77.8 cm³/mol. The Morgan fingerprint density at radius 1 is 1.11 bits per heavy atom. The third-order valence-corrected chi connectivity index (χ3v) is 2.97. The Balaban J connectivity index is 2.08. The Labute approximate surface area is 112 Å². The molecule has 0 spiro atoms. The SMILES string of the molecule is CC(OCCNCCC(C)(C)C)c1ccccc1. The summed E-state index contributed by atoms with van der Waals surface area (Å²) >= 11 is 0. The summed E-state index contributed by atoms with van der Waals surface area (Å²) in [5.74, 6) is 0. The molecule has 1 aromatic rings. The van der Waals surface area contributed by atoms with Gasteiger partial charge in [0.25, 0.3) is 0 Å². The van der Waals surface area contributed by atoms with Crippen LogP contribution < -0.4 is 5.32 Å². The lowest BCUT2D eigenvalue weighted by molar-refractivity contribution is 0.0675. The number of hydrogen-bond donors (Lipinski definition) is 1. The van der Waals surface area contributed by atoms with Gasteiger partial charge in [0.1, 0.15) is 0 Å². The molecule has 0 bridgehead atoms. The number of ether oxygens (including phenoxy) is 1. The van der Waals surface area contributed by atoms with E-state index in [0.717, 1.165) is 19.7 Å². The van der Waals surface area contributed by atoms with Crippen LogP contribution in [0.1, 0.15) is 45.8 Å². The standard InChI is InChI=1S/C16H27NO/c1-14(15-8-6-5-7-9-15)18-13-12-17-11-10-16(2,3)4/h5-9,14,17H,10-13H2,1-4H3. The van der Waals surface area contributed by atoms with Gasteiger partial charge in [-0.05, 0) is 30.9 Å². The molecule has 0 amide bonds. The van der Waals surface area contributed by atoms with Crippen molar-refractivity contribution in [3.05, 3.63) is 35.9 Å². The Bertz CT molecular complexity index is 316. The lowest BCUT2D eigenvalue weighted by Crippen LogP contribution is -2.24. The average molecular weight is 249 g/mol. The molecule has 1 rings (SSSR count). The largest absolute Gasteiger partial charge is 0.373 e. The molecule has 1 N–H and O–H groups in total. The molecule has 0 fully saturated rings. The highest BCUT2D eigenvalue weighted by Crippen LogP contribution is 2.17. The van der Waals surface area contributed by atoms with Gasteiger partial charge >= 0.3 is 0 Å². The van der Waals surface area contributed by atoms with Crippen LogP contribution in [-0.2, 0) is 4.74 Å². The zero-order valence-electron chi connectivity index (χ0n) is 12.2. The third kappa shape index (κ3) is 6.77. The highest BCUT2D eigenvalue weighted by molar-refractivity contribution is 5.16. The molecule has 0 heterocycles. The number of nitrogens with one attached hydrogen (secondary N) is 1. The zero-order valence-corrected chi connectivity index (χ0v) is 12.2. The molecule has 0 aliphatic rings. The van der Waals surface area contributed by atoms with E-state index in [1.165, 1.54) is 12.0 Å². The molecule has 2 heteroatoms. The van der Waals surface area contributed by atoms with Crippen LogP contribution in [0.25, 0.3) is 0 Å². The molecule has 0 aromatic heterocycles. The first kappa shape index (κ1) is 15.2. The Hall–Kier alpha value is -0.860. The van der Waals surface area contributed by atoms with Gasteiger partial charge in [-0.1, -0.05) is 51.1 Å². The first-order valence-electron chi connectivity index (χ1n) is 6.86. The van der Waals surface area contributed by atoms with E-state index in [1.54, 1.807) is 0 Å². The zero-order chi connectivity index (χ0) is 13.4. The molecule has 0 saturated carbocycles. The number of rotatable bonds is 7. The van der Waals surface area contributed by atoms with Crippen molar-refractivity contribution in [3.8, 4) is 0 Å². The quantitative estimate of drug-likeness (QED) is 0.742. The molecule has 1 aromatic carbocycles. The molecule has 0 aliphatic carbocycles. The molecule has 0 radical (unpaired) electrons. The van der Waals surface area contributed by atoms with Gasteiger partial charge in [0.05, 0.1) is 12.7 Å². The summed E-state index contributed by atoms with van der Waals surface area (Å²) in [4.78, 5) is 0. The number of hydrogen-bond acceptors (Lipinski definition) is 2. The third-order valence-electron chi connectivity index (χ3n) is 2.97. The molecule has 18 heavy (non-hydrogen) atoms. The maximum absolute atomic E-state index is 5.80. The van der Waals surface area contributed by atoms with E-state index in [-0.39, 0.29) is 6.10 Å². The maximum Gasteiger partial charge on any atom is 0.0797 e. The maximum atomic E-state index is 5.80. The van der Waals surface area contributed by atoms with Crippen molar-refractivity contribution in [2.24, 2.45) is 5.41 Å². The average Bonchev–Trinajstić information content (AvgIpc) is 2.33. The molecule has 102 valence electrons. The van der Waals surface area contributed by atoms with Crippen molar-refractivity contribution < 1.29 is 4.74 Å². The summed E-state index contributed by atoms with van der Waals surface area (Å²) in [6.45, 7) is 11.7. The van der Waals surface area contributed by atoms with Gasteiger partial charge in [-0.25, -0.2) is 0 Å². The fourth-order valence-corrected chi connectivity index (χ4v) is 1.72.